The molecule has 1 heterocycles. The summed E-state index contributed by atoms with van der Waals surface area (Å²) in [6, 6.07) is 11.9. The van der Waals surface area contributed by atoms with Crippen LogP contribution in [0.25, 0.3) is 0 Å². The van der Waals surface area contributed by atoms with Gasteiger partial charge in [0.1, 0.15) is 5.60 Å². The molecule has 0 saturated carbocycles. The molecule has 0 amide bonds. The summed E-state index contributed by atoms with van der Waals surface area (Å²) in [5, 5.41) is 8.63. The third-order valence-electron chi connectivity index (χ3n) is 2.27. The van der Waals surface area contributed by atoms with Crippen molar-refractivity contribution in [2.45, 2.75) is 18.6 Å². The maximum Gasteiger partial charge on any atom is 0.178 e. The van der Waals surface area contributed by atoms with E-state index in [1.54, 1.807) is 0 Å². The minimum absolute atomic E-state index is 0.264. The summed E-state index contributed by atoms with van der Waals surface area (Å²) in [7, 11) is 0. The molecule has 60 valence electrons. The zero-order valence-electron chi connectivity index (χ0n) is 6.82. The van der Waals surface area contributed by atoms with E-state index < -0.39 is 0 Å². The predicted molar refractivity (Wildman–Crippen MR) is 44.3 cm³/mol. The van der Waals surface area contributed by atoms with Crippen LogP contribution in [0.2, 0.25) is 0 Å². The highest BCUT2D eigenvalue weighted by Gasteiger charge is 2.54. The largest absolute Gasteiger partial charge is 0.345 e. The van der Waals surface area contributed by atoms with Crippen molar-refractivity contribution in [3.05, 3.63) is 35.9 Å². The first-order chi connectivity index (χ1) is 5.77. The number of epoxide rings is 1. The minimum atomic E-state index is -0.351. The van der Waals surface area contributed by atoms with E-state index in [0.29, 0.717) is 0 Å². The molecule has 2 unspecified atom stereocenters. The summed E-state index contributed by atoms with van der Waals surface area (Å²) < 4.78 is 5.28. The fourth-order valence-electron chi connectivity index (χ4n) is 1.35. The van der Waals surface area contributed by atoms with Gasteiger partial charge in [-0.15, -0.1) is 0 Å². The van der Waals surface area contributed by atoms with Crippen molar-refractivity contribution in [2.75, 3.05) is 0 Å². The Hall–Kier alpha value is -1.33. The van der Waals surface area contributed by atoms with Gasteiger partial charge in [-0.1, -0.05) is 30.3 Å². The van der Waals surface area contributed by atoms with E-state index in [-0.39, 0.29) is 11.7 Å². The van der Waals surface area contributed by atoms with E-state index in [1.165, 1.54) is 0 Å². The van der Waals surface area contributed by atoms with Crippen LogP contribution < -0.4 is 0 Å². The average Bonchev–Trinajstić information content (AvgIpc) is 2.81. The fraction of sp³-hybridized carbons (Fsp3) is 0.300. The Labute approximate surface area is 71.4 Å². The molecule has 0 aromatic heterocycles. The van der Waals surface area contributed by atoms with Crippen LogP contribution in [0.5, 0.6) is 0 Å². The number of nitrogens with zero attached hydrogens (tertiary/aromatic N) is 1. The highest BCUT2D eigenvalue weighted by molar-refractivity contribution is 5.31. The Morgan fingerprint density at radius 3 is 2.58 bits per heavy atom. The maximum atomic E-state index is 8.63. The summed E-state index contributed by atoms with van der Waals surface area (Å²) in [6.07, 6.45) is -0.264. The summed E-state index contributed by atoms with van der Waals surface area (Å²) in [4.78, 5) is 0. The normalized spacial score (nSPS) is 32.5. The molecule has 0 N–H and O–H groups in total. The molecule has 0 bridgehead atoms. The van der Waals surface area contributed by atoms with E-state index in [4.69, 9.17) is 10.00 Å². The van der Waals surface area contributed by atoms with Gasteiger partial charge in [0, 0.05) is 0 Å². The van der Waals surface area contributed by atoms with Crippen LogP contribution in [0.4, 0.5) is 0 Å². The number of hydrogen-bond acceptors (Lipinski definition) is 2. The lowest BCUT2D eigenvalue weighted by Gasteiger charge is -2.03. The van der Waals surface area contributed by atoms with Gasteiger partial charge in [0.05, 0.1) is 6.07 Å². The molecule has 0 radical (unpaired) electrons. The molecule has 1 fully saturated rings. The maximum absolute atomic E-state index is 8.63. The number of rotatable bonds is 1. The van der Waals surface area contributed by atoms with Crippen molar-refractivity contribution in [1.82, 2.24) is 0 Å². The van der Waals surface area contributed by atoms with E-state index in [9.17, 15) is 0 Å². The first-order valence-electron chi connectivity index (χ1n) is 3.90. The van der Waals surface area contributed by atoms with Crippen molar-refractivity contribution < 1.29 is 4.74 Å². The predicted octanol–water partition coefficient (Wildman–Crippen LogP) is 1.82. The second kappa shape index (κ2) is 2.33. The van der Waals surface area contributed by atoms with Crippen LogP contribution in [0.3, 0.4) is 0 Å². The smallest absolute Gasteiger partial charge is 0.178 e. The molecule has 1 aromatic rings. The van der Waals surface area contributed by atoms with Crippen molar-refractivity contribution in [3.63, 3.8) is 0 Å². The van der Waals surface area contributed by atoms with Gasteiger partial charge in [-0.05, 0) is 12.5 Å². The monoisotopic (exact) mass is 159 g/mol. The van der Waals surface area contributed by atoms with E-state index in [0.717, 1.165) is 5.56 Å². The molecular formula is C10H9NO. The number of ether oxygens (including phenoxy) is 1. The lowest BCUT2D eigenvalue weighted by atomic mass is 9.98. The van der Waals surface area contributed by atoms with Gasteiger partial charge in [0.15, 0.2) is 6.10 Å². The number of nitriles is 1. The summed E-state index contributed by atoms with van der Waals surface area (Å²) in [5.41, 5.74) is 0.729. The molecular weight excluding hydrogens is 150 g/mol. The minimum Gasteiger partial charge on any atom is -0.345 e. The van der Waals surface area contributed by atoms with Crippen LogP contribution in [-0.2, 0) is 10.3 Å². The van der Waals surface area contributed by atoms with Crippen molar-refractivity contribution in [2.24, 2.45) is 0 Å². The fourth-order valence-corrected chi connectivity index (χ4v) is 1.35. The summed E-state index contributed by atoms with van der Waals surface area (Å²) >= 11 is 0. The van der Waals surface area contributed by atoms with Gasteiger partial charge in [-0.2, -0.15) is 5.26 Å². The summed E-state index contributed by atoms with van der Waals surface area (Å²) in [6.45, 7) is 1.94. The Balaban J connectivity index is 2.30. The van der Waals surface area contributed by atoms with Gasteiger partial charge >= 0.3 is 0 Å². The van der Waals surface area contributed by atoms with Crippen molar-refractivity contribution in [3.8, 4) is 6.07 Å². The zero-order chi connectivity index (χ0) is 8.60. The Bertz CT molecular complexity index is 327. The van der Waals surface area contributed by atoms with Crippen molar-refractivity contribution >= 4 is 0 Å². The molecule has 1 aromatic carbocycles. The highest BCUT2D eigenvalue weighted by Crippen LogP contribution is 2.45. The Morgan fingerprint density at radius 2 is 2.08 bits per heavy atom. The van der Waals surface area contributed by atoms with E-state index in [2.05, 4.69) is 6.07 Å². The van der Waals surface area contributed by atoms with Crippen LogP contribution in [0, 0.1) is 11.3 Å². The standard InChI is InChI=1S/C10H9NO/c1-10(9(7-11)12-10)8-5-3-2-4-6-8/h2-6,9H,1H3. The van der Waals surface area contributed by atoms with E-state index >= 15 is 0 Å². The second-order valence-electron chi connectivity index (χ2n) is 3.10. The van der Waals surface area contributed by atoms with Crippen LogP contribution in [0.15, 0.2) is 30.3 Å². The SMILES string of the molecule is CC1(c2ccccc2)OC1C#N. The first-order valence-corrected chi connectivity index (χ1v) is 3.90. The van der Waals surface area contributed by atoms with Crippen LogP contribution in [-0.4, -0.2) is 6.10 Å². The summed E-state index contributed by atoms with van der Waals surface area (Å²) in [5.74, 6) is 0. The van der Waals surface area contributed by atoms with E-state index in [1.807, 2.05) is 37.3 Å². The quantitative estimate of drug-likeness (QED) is 0.586. The molecule has 1 saturated heterocycles. The number of benzene rings is 1. The Kier molecular flexibility index (Phi) is 1.42. The van der Waals surface area contributed by atoms with Gasteiger partial charge in [-0.3, -0.25) is 0 Å². The zero-order valence-corrected chi connectivity index (χ0v) is 6.82. The topological polar surface area (TPSA) is 36.3 Å². The third-order valence-corrected chi connectivity index (χ3v) is 2.27. The number of hydrogen-bond donors (Lipinski definition) is 0. The highest BCUT2D eigenvalue weighted by atomic mass is 16.6. The lowest BCUT2D eigenvalue weighted by molar-refractivity contribution is 0.321. The first kappa shape index (κ1) is 7.33. The van der Waals surface area contributed by atoms with Crippen LogP contribution >= 0.6 is 0 Å². The average molecular weight is 159 g/mol. The molecule has 12 heavy (non-hydrogen) atoms. The molecule has 0 aliphatic carbocycles. The van der Waals surface area contributed by atoms with Gasteiger partial charge in [0.2, 0.25) is 0 Å². The molecule has 1 aliphatic heterocycles. The molecule has 2 rings (SSSR count). The molecule has 2 nitrogen and oxygen atoms in total. The Morgan fingerprint density at radius 1 is 1.42 bits per heavy atom. The molecule has 1 aliphatic rings. The molecule has 2 atom stereocenters. The molecule has 2 heteroatoms. The van der Waals surface area contributed by atoms with Gasteiger partial charge in [0.25, 0.3) is 0 Å². The van der Waals surface area contributed by atoms with Crippen LogP contribution in [0.1, 0.15) is 12.5 Å². The van der Waals surface area contributed by atoms with Crippen molar-refractivity contribution in [1.29, 1.82) is 5.26 Å². The second-order valence-corrected chi connectivity index (χ2v) is 3.10. The van der Waals surface area contributed by atoms with Gasteiger partial charge in [-0.25, -0.2) is 0 Å². The third kappa shape index (κ3) is 0.910. The lowest BCUT2D eigenvalue weighted by Crippen LogP contribution is -2.05. The molecule has 0 spiro atoms. The van der Waals surface area contributed by atoms with Gasteiger partial charge < -0.3 is 4.74 Å².